The number of amides is 1. The van der Waals surface area contributed by atoms with E-state index in [0.29, 0.717) is 11.4 Å². The minimum absolute atomic E-state index is 0.182. The van der Waals surface area contributed by atoms with Gasteiger partial charge in [0.2, 0.25) is 5.91 Å². The number of rotatable bonds is 3. The molecule has 0 saturated carbocycles. The Labute approximate surface area is 108 Å². The van der Waals surface area contributed by atoms with Crippen LogP contribution in [0.5, 0.6) is 0 Å². The number of hydrogen-bond acceptors (Lipinski definition) is 2. The van der Waals surface area contributed by atoms with E-state index in [9.17, 15) is 9.59 Å². The van der Waals surface area contributed by atoms with E-state index < -0.39 is 5.38 Å². The molecule has 18 heavy (non-hydrogen) atoms. The summed E-state index contributed by atoms with van der Waals surface area (Å²) in [6.45, 7) is 1.61. The van der Waals surface area contributed by atoms with E-state index in [4.69, 9.17) is 11.6 Å². The molecule has 1 unspecified atom stereocenters. The molecule has 0 bridgehead atoms. The minimum Gasteiger partial charge on any atom is -0.325 e. The molecule has 1 amide bonds. The third-order valence-corrected chi connectivity index (χ3v) is 2.62. The Kier molecular flexibility index (Phi) is 3.53. The van der Waals surface area contributed by atoms with Crippen molar-refractivity contribution in [2.45, 2.75) is 12.3 Å². The average Bonchev–Trinajstić information content (AvgIpc) is 2.76. The largest absolute Gasteiger partial charge is 0.325 e. The second kappa shape index (κ2) is 5.10. The van der Waals surface area contributed by atoms with Gasteiger partial charge in [0.1, 0.15) is 5.38 Å². The highest BCUT2D eigenvalue weighted by Crippen LogP contribution is 2.18. The molecule has 94 valence electrons. The van der Waals surface area contributed by atoms with Crippen LogP contribution in [0.15, 0.2) is 35.1 Å². The topological polar surface area (TPSA) is 77.8 Å². The van der Waals surface area contributed by atoms with Crippen LogP contribution in [0.1, 0.15) is 6.92 Å². The van der Waals surface area contributed by atoms with Crippen molar-refractivity contribution in [3.63, 3.8) is 0 Å². The van der Waals surface area contributed by atoms with Gasteiger partial charge in [-0.3, -0.25) is 19.8 Å². The summed E-state index contributed by atoms with van der Waals surface area (Å²) < 4.78 is 0. The lowest BCUT2D eigenvalue weighted by atomic mass is 10.1. The van der Waals surface area contributed by atoms with Gasteiger partial charge in [-0.25, -0.2) is 0 Å². The number of H-pyrrole nitrogens is 2. The van der Waals surface area contributed by atoms with Gasteiger partial charge in [-0.05, 0) is 24.6 Å². The molecule has 0 aliphatic rings. The van der Waals surface area contributed by atoms with Crippen molar-refractivity contribution >= 4 is 23.2 Å². The van der Waals surface area contributed by atoms with Crippen molar-refractivity contribution in [3.8, 4) is 11.3 Å². The number of hydrogen-bond donors (Lipinski definition) is 3. The van der Waals surface area contributed by atoms with Gasteiger partial charge in [0.15, 0.2) is 0 Å². The molecular formula is C12H12ClN3O2. The fourth-order valence-corrected chi connectivity index (χ4v) is 1.52. The van der Waals surface area contributed by atoms with Gasteiger partial charge >= 0.3 is 0 Å². The van der Waals surface area contributed by atoms with Crippen LogP contribution in [-0.2, 0) is 4.79 Å². The van der Waals surface area contributed by atoms with E-state index in [2.05, 4.69) is 15.5 Å². The number of anilines is 1. The summed E-state index contributed by atoms with van der Waals surface area (Å²) in [5.74, 6) is -0.250. The van der Waals surface area contributed by atoms with Crippen molar-refractivity contribution in [1.29, 1.82) is 0 Å². The molecule has 0 radical (unpaired) electrons. The fourth-order valence-electron chi connectivity index (χ4n) is 1.46. The van der Waals surface area contributed by atoms with Crippen molar-refractivity contribution < 1.29 is 4.79 Å². The summed E-state index contributed by atoms with van der Waals surface area (Å²) in [5.41, 5.74) is 2.03. The van der Waals surface area contributed by atoms with Gasteiger partial charge in [-0.2, -0.15) is 0 Å². The number of alkyl halides is 1. The number of halogens is 1. The number of aromatic amines is 2. The van der Waals surface area contributed by atoms with Crippen LogP contribution in [0.3, 0.4) is 0 Å². The third kappa shape index (κ3) is 2.81. The maximum Gasteiger partial charge on any atom is 0.264 e. The SMILES string of the molecule is CC(Cl)C(=O)Nc1ccc(-c2cc(=O)[nH][nH]2)cc1. The quantitative estimate of drug-likeness (QED) is 0.742. The van der Waals surface area contributed by atoms with E-state index >= 15 is 0 Å². The molecule has 3 N–H and O–H groups in total. The van der Waals surface area contributed by atoms with Crippen LogP contribution in [0, 0.1) is 0 Å². The highest BCUT2D eigenvalue weighted by atomic mass is 35.5. The maximum atomic E-state index is 11.4. The molecule has 1 aromatic heterocycles. The molecule has 1 atom stereocenters. The van der Waals surface area contributed by atoms with Crippen LogP contribution in [0.4, 0.5) is 5.69 Å². The molecule has 2 aromatic rings. The molecule has 1 aromatic carbocycles. The zero-order chi connectivity index (χ0) is 13.1. The van der Waals surface area contributed by atoms with E-state index in [1.54, 1.807) is 31.2 Å². The second-order valence-electron chi connectivity index (χ2n) is 3.85. The molecule has 0 spiro atoms. The summed E-state index contributed by atoms with van der Waals surface area (Å²) in [7, 11) is 0. The second-order valence-corrected chi connectivity index (χ2v) is 4.51. The Morgan fingerprint density at radius 2 is 1.94 bits per heavy atom. The summed E-state index contributed by atoms with van der Waals surface area (Å²) in [5, 5.41) is 7.31. The average molecular weight is 266 g/mol. The summed E-state index contributed by atoms with van der Waals surface area (Å²) in [6, 6.07) is 8.56. The van der Waals surface area contributed by atoms with Crippen LogP contribution < -0.4 is 10.9 Å². The van der Waals surface area contributed by atoms with Crippen LogP contribution >= 0.6 is 11.6 Å². The first-order valence-electron chi connectivity index (χ1n) is 5.39. The van der Waals surface area contributed by atoms with Gasteiger partial charge in [0, 0.05) is 11.8 Å². The first-order chi connectivity index (χ1) is 8.56. The standard InChI is InChI=1S/C12H12ClN3O2/c1-7(13)12(18)14-9-4-2-8(3-5-9)10-6-11(17)16-15-10/h2-7H,1H3,(H,14,18)(H2,15,16,17). The number of carbonyl (C=O) groups is 1. The molecule has 0 aliphatic carbocycles. The Balaban J connectivity index is 2.15. The van der Waals surface area contributed by atoms with Crippen molar-refractivity contribution in [2.75, 3.05) is 5.32 Å². The van der Waals surface area contributed by atoms with E-state index in [-0.39, 0.29) is 11.5 Å². The molecule has 1 heterocycles. The smallest absolute Gasteiger partial charge is 0.264 e. The first kappa shape index (κ1) is 12.4. The van der Waals surface area contributed by atoms with Crippen molar-refractivity contribution in [3.05, 3.63) is 40.7 Å². The lowest BCUT2D eigenvalue weighted by Crippen LogP contribution is -2.20. The third-order valence-electron chi connectivity index (χ3n) is 2.42. The van der Waals surface area contributed by atoms with Crippen LogP contribution in [0.25, 0.3) is 11.3 Å². The zero-order valence-corrected chi connectivity index (χ0v) is 10.4. The Hall–Kier alpha value is -2.01. The van der Waals surface area contributed by atoms with Crippen molar-refractivity contribution in [1.82, 2.24) is 10.2 Å². The maximum absolute atomic E-state index is 11.4. The first-order valence-corrected chi connectivity index (χ1v) is 5.83. The van der Waals surface area contributed by atoms with Crippen molar-refractivity contribution in [2.24, 2.45) is 0 Å². The highest BCUT2D eigenvalue weighted by molar-refractivity contribution is 6.32. The highest BCUT2D eigenvalue weighted by Gasteiger charge is 2.09. The Morgan fingerprint density at radius 3 is 2.44 bits per heavy atom. The molecule has 0 fully saturated rings. The number of aromatic nitrogens is 2. The Morgan fingerprint density at radius 1 is 1.28 bits per heavy atom. The number of nitrogens with one attached hydrogen (secondary N) is 3. The van der Waals surface area contributed by atoms with Gasteiger partial charge < -0.3 is 5.32 Å². The Bertz CT molecular complexity index is 598. The summed E-state index contributed by atoms with van der Waals surface area (Å²) in [4.78, 5) is 22.4. The lowest BCUT2D eigenvalue weighted by Gasteiger charge is -2.06. The van der Waals surface area contributed by atoms with E-state index in [1.807, 2.05) is 0 Å². The number of carbonyl (C=O) groups excluding carboxylic acids is 1. The molecule has 0 saturated heterocycles. The zero-order valence-electron chi connectivity index (χ0n) is 9.66. The lowest BCUT2D eigenvalue weighted by molar-refractivity contribution is -0.115. The van der Waals surface area contributed by atoms with E-state index in [0.717, 1.165) is 5.56 Å². The number of benzene rings is 1. The molecule has 5 nitrogen and oxygen atoms in total. The fraction of sp³-hybridized carbons (Fsp3) is 0.167. The molecular weight excluding hydrogens is 254 g/mol. The summed E-state index contributed by atoms with van der Waals surface area (Å²) >= 11 is 5.65. The van der Waals surface area contributed by atoms with Gasteiger partial charge in [0.25, 0.3) is 5.56 Å². The predicted octanol–water partition coefficient (Wildman–Crippen LogP) is 1.94. The van der Waals surface area contributed by atoms with Gasteiger partial charge in [-0.15, -0.1) is 11.6 Å². The van der Waals surface area contributed by atoms with Crippen LogP contribution in [-0.4, -0.2) is 21.5 Å². The van der Waals surface area contributed by atoms with Gasteiger partial charge in [-0.1, -0.05) is 12.1 Å². The predicted molar refractivity (Wildman–Crippen MR) is 70.8 cm³/mol. The summed E-state index contributed by atoms with van der Waals surface area (Å²) in [6.07, 6.45) is 0. The minimum atomic E-state index is -0.578. The molecule has 0 aliphatic heterocycles. The van der Waals surface area contributed by atoms with E-state index in [1.165, 1.54) is 6.07 Å². The molecule has 2 rings (SSSR count). The normalized spacial score (nSPS) is 12.1. The van der Waals surface area contributed by atoms with Gasteiger partial charge in [0.05, 0.1) is 5.69 Å². The van der Waals surface area contributed by atoms with Crippen LogP contribution in [0.2, 0.25) is 0 Å². The molecule has 6 heteroatoms. The monoisotopic (exact) mass is 265 g/mol.